The summed E-state index contributed by atoms with van der Waals surface area (Å²) in [5.74, 6) is -0.533. The summed E-state index contributed by atoms with van der Waals surface area (Å²) >= 11 is 0. The van der Waals surface area contributed by atoms with Gasteiger partial charge in [-0.2, -0.15) is 4.31 Å². The van der Waals surface area contributed by atoms with Crippen LogP contribution in [0, 0.1) is 0 Å². The van der Waals surface area contributed by atoms with Crippen LogP contribution in [0.2, 0.25) is 0 Å². The van der Waals surface area contributed by atoms with Gasteiger partial charge in [-0.15, -0.1) is 0 Å². The predicted octanol–water partition coefficient (Wildman–Crippen LogP) is 0.0618. The summed E-state index contributed by atoms with van der Waals surface area (Å²) in [7, 11) is -13.3. The van der Waals surface area contributed by atoms with Gasteiger partial charge in [-0.1, -0.05) is 24.3 Å². The molecule has 0 fully saturated rings. The molecule has 0 unspecified atom stereocenters. The van der Waals surface area contributed by atoms with E-state index in [2.05, 4.69) is 4.72 Å². The van der Waals surface area contributed by atoms with E-state index in [-0.39, 0.29) is 84.8 Å². The third kappa shape index (κ3) is 6.31. The molecule has 10 nitrogen and oxygen atoms in total. The topological polar surface area (TPSA) is 161 Å². The van der Waals surface area contributed by atoms with Crippen molar-refractivity contribution in [1.82, 2.24) is 4.31 Å². The number of aromatic hydroxyl groups is 1. The molecule has 3 aromatic carbocycles. The van der Waals surface area contributed by atoms with Gasteiger partial charge in [0.2, 0.25) is 10.0 Å². The molecule has 0 atom stereocenters. The second-order valence-corrected chi connectivity index (χ2v) is 13.2. The normalized spacial score (nSPS) is 12.8. The number of phenols is 1. The number of phenolic OH excluding ortho intramolecular Hbond substituents is 1. The van der Waals surface area contributed by atoms with E-state index in [1.54, 1.807) is 27.7 Å². The molecule has 0 heterocycles. The molecule has 3 aromatic rings. The first-order valence-corrected chi connectivity index (χ1v) is 14.8. The van der Waals surface area contributed by atoms with Crippen molar-refractivity contribution in [2.75, 3.05) is 4.72 Å². The van der Waals surface area contributed by atoms with Gasteiger partial charge in [-0.05, 0) is 58.0 Å². The third-order valence-corrected chi connectivity index (χ3v) is 9.70. The van der Waals surface area contributed by atoms with Crippen LogP contribution in [0.15, 0.2) is 69.3 Å². The zero-order valence-corrected chi connectivity index (χ0v) is 25.9. The Kier molecular flexibility index (Phi) is 9.82. The van der Waals surface area contributed by atoms with Crippen LogP contribution in [0.3, 0.4) is 0 Å². The van der Waals surface area contributed by atoms with Gasteiger partial charge in [-0.25, -0.2) is 25.3 Å². The molecule has 0 aromatic heterocycles. The number of sulfonamides is 2. The van der Waals surface area contributed by atoms with Gasteiger partial charge in [0.15, 0.2) is 0 Å². The summed E-state index contributed by atoms with van der Waals surface area (Å²) in [5.41, 5.74) is 0.0155. The van der Waals surface area contributed by atoms with Crippen molar-refractivity contribution >= 4 is 46.6 Å². The number of nitrogens with zero attached hydrogens (tertiary/aromatic N) is 1. The molecule has 0 aliphatic rings. The van der Waals surface area contributed by atoms with Crippen LogP contribution in [-0.2, 0) is 30.2 Å². The average molecular weight is 581 g/mol. The van der Waals surface area contributed by atoms with Gasteiger partial charge in [0.1, 0.15) is 20.8 Å². The Bertz CT molecular complexity index is 1600. The second kappa shape index (κ2) is 11.4. The molecule has 2 N–H and O–H groups in total. The van der Waals surface area contributed by atoms with E-state index in [1.165, 1.54) is 34.6 Å². The average Bonchev–Trinajstić information content (AvgIpc) is 2.72. The van der Waals surface area contributed by atoms with E-state index in [4.69, 9.17) is 0 Å². The van der Waals surface area contributed by atoms with Gasteiger partial charge in [0, 0.05) is 22.9 Å². The number of anilines is 1. The SMILES string of the molecule is CC(C)N(C(C)C)S(=O)(=O)c1ccc2c(NS(=O)(=O)c3cccc(S(=O)(=O)[O-])c3)cccc2c1O.[K+]. The molecule has 0 bridgehead atoms. The Balaban J connectivity index is 0.00000456. The molecule has 3 rings (SSSR count). The van der Waals surface area contributed by atoms with E-state index in [0.717, 1.165) is 24.3 Å². The van der Waals surface area contributed by atoms with E-state index in [0.29, 0.717) is 0 Å². The maximum atomic E-state index is 13.3. The molecule has 190 valence electrons. The van der Waals surface area contributed by atoms with Crippen molar-refractivity contribution in [3.05, 3.63) is 54.6 Å². The maximum Gasteiger partial charge on any atom is 1.00 e. The van der Waals surface area contributed by atoms with Gasteiger partial charge < -0.3 is 9.66 Å². The van der Waals surface area contributed by atoms with Crippen molar-refractivity contribution in [1.29, 1.82) is 0 Å². The number of benzene rings is 3. The van der Waals surface area contributed by atoms with Crippen molar-refractivity contribution < 1.29 is 86.3 Å². The van der Waals surface area contributed by atoms with Crippen LogP contribution in [-0.4, -0.2) is 51.3 Å². The smallest absolute Gasteiger partial charge is 0.744 e. The van der Waals surface area contributed by atoms with E-state index >= 15 is 0 Å². The Morgan fingerprint density at radius 2 is 1.36 bits per heavy atom. The molecule has 0 saturated carbocycles. The molecule has 36 heavy (non-hydrogen) atoms. The monoisotopic (exact) mass is 580 g/mol. The van der Waals surface area contributed by atoms with Gasteiger partial charge >= 0.3 is 51.4 Å². The number of rotatable bonds is 8. The Morgan fingerprint density at radius 1 is 0.806 bits per heavy atom. The minimum Gasteiger partial charge on any atom is -0.744 e. The summed E-state index contributed by atoms with van der Waals surface area (Å²) in [5, 5.41) is 11.2. The summed E-state index contributed by atoms with van der Waals surface area (Å²) in [6.07, 6.45) is 0. The van der Waals surface area contributed by atoms with E-state index in [1.807, 2.05) is 0 Å². The molecule has 0 aliphatic carbocycles. The van der Waals surface area contributed by atoms with Gasteiger partial charge in [0.05, 0.1) is 15.5 Å². The van der Waals surface area contributed by atoms with Crippen molar-refractivity contribution in [2.24, 2.45) is 0 Å². The van der Waals surface area contributed by atoms with Gasteiger partial charge in [0.25, 0.3) is 10.0 Å². The molecular weight excluding hydrogens is 556 g/mol. The number of nitrogens with one attached hydrogen (secondary N) is 1. The zero-order valence-electron chi connectivity index (χ0n) is 20.3. The summed E-state index contributed by atoms with van der Waals surface area (Å²) in [6, 6.07) is 10.1. The van der Waals surface area contributed by atoms with Crippen LogP contribution in [0.4, 0.5) is 5.69 Å². The number of hydrogen-bond donors (Lipinski definition) is 2. The Hall–Kier alpha value is -1.07. The van der Waals surface area contributed by atoms with Gasteiger partial charge in [-0.3, -0.25) is 4.72 Å². The van der Waals surface area contributed by atoms with Crippen LogP contribution < -0.4 is 56.1 Å². The molecule has 0 saturated heterocycles. The maximum absolute atomic E-state index is 13.3. The van der Waals surface area contributed by atoms with Crippen LogP contribution in [0.1, 0.15) is 27.7 Å². The first-order valence-electron chi connectivity index (χ1n) is 10.4. The second-order valence-electron chi connectivity index (χ2n) is 8.37. The zero-order chi connectivity index (χ0) is 26.3. The minimum atomic E-state index is -4.87. The van der Waals surface area contributed by atoms with Crippen molar-refractivity contribution in [3.63, 3.8) is 0 Å². The summed E-state index contributed by atoms with van der Waals surface area (Å²) < 4.78 is 89.7. The Morgan fingerprint density at radius 3 is 1.92 bits per heavy atom. The fraction of sp³-hybridized carbons (Fsp3) is 0.273. The molecule has 0 radical (unpaired) electrons. The molecule has 14 heteroatoms. The third-order valence-electron chi connectivity index (χ3n) is 5.22. The number of fused-ring (bicyclic) bond motifs is 1. The van der Waals surface area contributed by atoms with E-state index < -0.39 is 45.7 Å². The summed E-state index contributed by atoms with van der Waals surface area (Å²) in [4.78, 5) is -1.48. The quantitative estimate of drug-likeness (QED) is 0.279. The fourth-order valence-corrected chi connectivity index (χ4v) is 7.53. The minimum absolute atomic E-state index is 0. The van der Waals surface area contributed by atoms with Crippen LogP contribution in [0.5, 0.6) is 5.75 Å². The van der Waals surface area contributed by atoms with Crippen molar-refractivity contribution in [3.8, 4) is 5.75 Å². The molecule has 0 amide bonds. The fourth-order valence-electron chi connectivity index (χ4n) is 3.88. The van der Waals surface area contributed by atoms with Crippen LogP contribution in [0.25, 0.3) is 10.8 Å². The first kappa shape index (κ1) is 31.1. The van der Waals surface area contributed by atoms with E-state index in [9.17, 15) is 34.9 Å². The van der Waals surface area contributed by atoms with Crippen molar-refractivity contribution in [2.45, 2.75) is 54.5 Å². The standard InChI is InChI=1S/C22H26N2O8S3.K/c1-14(2)24(15(3)4)34(28,29)21-12-11-18-19(22(21)25)9-6-10-20(18)23-33(26,27)16-7-5-8-17(13-16)35(30,31)32;/h5-15,23,25H,1-4H3,(H,30,31,32);/q;+1/p-1. The summed E-state index contributed by atoms with van der Waals surface area (Å²) in [6.45, 7) is 6.87. The molecule has 0 spiro atoms. The first-order chi connectivity index (χ1) is 16.1. The molecule has 0 aliphatic heterocycles. The predicted molar refractivity (Wildman–Crippen MR) is 130 cm³/mol. The van der Waals surface area contributed by atoms with Crippen LogP contribution >= 0.6 is 0 Å². The Labute approximate surface area is 254 Å². The largest absolute Gasteiger partial charge is 1.00 e. The number of hydrogen-bond acceptors (Lipinski definition) is 8. The molecular formula is C22H25KN2O8S3.